The predicted octanol–water partition coefficient (Wildman–Crippen LogP) is 9.76. The van der Waals surface area contributed by atoms with E-state index < -0.39 is 0 Å². The Kier molecular flexibility index (Phi) is 8.16. The molecule has 3 heteroatoms. The van der Waals surface area contributed by atoms with E-state index in [0.29, 0.717) is 12.2 Å². The number of ether oxygens (including phenoxy) is 1. The first-order valence-electron chi connectivity index (χ1n) is 21.5. The summed E-state index contributed by atoms with van der Waals surface area (Å²) in [5.74, 6) is 8.05. The minimum Gasteiger partial charge on any atom is -0.373 e. The molecule has 7 aliphatic carbocycles. The largest absolute Gasteiger partial charge is 0.373 e. The third-order valence-electron chi connectivity index (χ3n) is 17.5. The molecule has 15 unspecified atom stereocenters. The van der Waals surface area contributed by atoms with Crippen LogP contribution in [0.25, 0.3) is 0 Å². The van der Waals surface area contributed by atoms with Gasteiger partial charge < -0.3 is 4.74 Å². The molecule has 0 N–H and O–H groups in total. The highest BCUT2D eigenvalue weighted by Gasteiger charge is 2.59. The second-order valence-corrected chi connectivity index (χ2v) is 19.1. The smallest absolute Gasteiger partial charge is 0.0766 e. The molecule has 0 aromatic heterocycles. The third-order valence-corrected chi connectivity index (χ3v) is 17.5. The molecular weight excluding hydrogens is 548 g/mol. The highest BCUT2D eigenvalue weighted by atomic mass is 16.5. The highest BCUT2D eigenvalue weighted by molar-refractivity contribution is 5.12. The van der Waals surface area contributed by atoms with E-state index >= 15 is 0 Å². The average molecular weight is 617 g/mol. The van der Waals surface area contributed by atoms with Crippen LogP contribution in [-0.2, 0) is 4.74 Å². The maximum Gasteiger partial charge on any atom is 0.0766 e. The summed E-state index contributed by atoms with van der Waals surface area (Å²) < 4.78 is 7.16. The molecule has 0 bridgehead atoms. The molecule has 45 heavy (non-hydrogen) atoms. The van der Waals surface area contributed by atoms with Crippen molar-refractivity contribution in [3.8, 4) is 0 Å². The molecule has 0 aromatic rings. The lowest BCUT2D eigenvalue weighted by molar-refractivity contribution is -0.0681. The molecular formula is C42H68N2O. The molecule has 0 amide bonds. The second kappa shape index (κ2) is 12.3. The van der Waals surface area contributed by atoms with Gasteiger partial charge in [-0.05, 0) is 150 Å². The summed E-state index contributed by atoms with van der Waals surface area (Å²) in [6.45, 7) is 0. The fourth-order valence-electron chi connectivity index (χ4n) is 16.0. The maximum atomic E-state index is 7.16. The fraction of sp³-hybridized carbons (Fsp3) is 1.00. The van der Waals surface area contributed by atoms with Gasteiger partial charge in [0.25, 0.3) is 0 Å². The maximum absolute atomic E-state index is 7.16. The number of fused-ring (bicyclic) bond motifs is 9. The molecule has 3 aliphatic heterocycles. The monoisotopic (exact) mass is 617 g/mol. The Bertz CT molecular complexity index is 1040. The number of hydrogen-bond donors (Lipinski definition) is 0. The fourth-order valence-corrected chi connectivity index (χ4v) is 16.0. The number of hydrogen-bond acceptors (Lipinski definition) is 3. The van der Waals surface area contributed by atoms with Crippen molar-refractivity contribution in [2.45, 2.75) is 215 Å². The van der Waals surface area contributed by atoms with Gasteiger partial charge in [-0.2, -0.15) is 0 Å². The minimum atomic E-state index is 0.582. The zero-order chi connectivity index (χ0) is 29.5. The summed E-state index contributed by atoms with van der Waals surface area (Å²) >= 11 is 0. The first-order chi connectivity index (χ1) is 22.3. The zero-order valence-electron chi connectivity index (χ0n) is 28.9. The van der Waals surface area contributed by atoms with E-state index in [1.807, 2.05) is 0 Å². The predicted molar refractivity (Wildman–Crippen MR) is 183 cm³/mol. The number of nitrogens with zero attached hydrogens (tertiary/aromatic N) is 2. The van der Waals surface area contributed by atoms with E-state index in [-0.39, 0.29) is 0 Å². The Morgan fingerprint density at radius 3 is 1.56 bits per heavy atom. The molecule has 15 atom stereocenters. The van der Waals surface area contributed by atoms with Gasteiger partial charge in [-0.1, -0.05) is 64.2 Å². The third kappa shape index (κ3) is 4.94. The van der Waals surface area contributed by atoms with Gasteiger partial charge in [0, 0.05) is 36.3 Å². The lowest BCUT2D eigenvalue weighted by Gasteiger charge is -2.48. The van der Waals surface area contributed by atoms with Crippen LogP contribution in [0.1, 0.15) is 167 Å². The Morgan fingerprint density at radius 2 is 0.844 bits per heavy atom. The average Bonchev–Trinajstić information content (AvgIpc) is 3.76. The lowest BCUT2D eigenvalue weighted by Crippen LogP contribution is -2.55. The summed E-state index contributed by atoms with van der Waals surface area (Å²) in [6.07, 6.45) is 40.6. The van der Waals surface area contributed by atoms with Gasteiger partial charge in [-0.3, -0.25) is 9.80 Å². The zero-order valence-corrected chi connectivity index (χ0v) is 28.9. The van der Waals surface area contributed by atoms with Crippen LogP contribution in [0.2, 0.25) is 0 Å². The molecule has 0 radical (unpaired) electrons. The van der Waals surface area contributed by atoms with E-state index in [1.165, 1.54) is 116 Å². The second-order valence-electron chi connectivity index (χ2n) is 19.1. The first-order valence-corrected chi connectivity index (χ1v) is 21.5. The molecule has 10 rings (SSSR count). The number of likely N-dealkylation sites (tertiary alicyclic amines) is 2. The molecule has 10 fully saturated rings. The molecule has 3 heterocycles. The van der Waals surface area contributed by atoms with Gasteiger partial charge in [0.2, 0.25) is 0 Å². The van der Waals surface area contributed by atoms with Crippen molar-refractivity contribution in [1.82, 2.24) is 9.80 Å². The van der Waals surface area contributed by atoms with Crippen molar-refractivity contribution < 1.29 is 4.74 Å². The Morgan fingerprint density at radius 1 is 0.333 bits per heavy atom. The van der Waals surface area contributed by atoms with Crippen LogP contribution in [0, 0.1) is 47.3 Å². The molecule has 252 valence electrons. The molecule has 3 saturated heterocycles. The van der Waals surface area contributed by atoms with Crippen LogP contribution in [0.3, 0.4) is 0 Å². The van der Waals surface area contributed by atoms with E-state index in [4.69, 9.17) is 4.74 Å². The topological polar surface area (TPSA) is 15.7 Å². The highest BCUT2D eigenvalue weighted by Crippen LogP contribution is 2.59. The Labute approximate surface area is 276 Å². The summed E-state index contributed by atoms with van der Waals surface area (Å²) in [6, 6.07) is 5.45. The SMILES string of the molecule is C1CCC(N2C3CCCCC3C3CC(C4CCC5C(C4)C4CCCCC4N5C4CCCC5C6CCCCC6OC54)CCC32)CC1. The van der Waals surface area contributed by atoms with Crippen LogP contribution in [0.15, 0.2) is 0 Å². The van der Waals surface area contributed by atoms with Gasteiger partial charge >= 0.3 is 0 Å². The minimum absolute atomic E-state index is 0.582. The molecule has 0 aromatic carbocycles. The van der Waals surface area contributed by atoms with Crippen molar-refractivity contribution in [1.29, 1.82) is 0 Å². The molecule has 10 aliphatic rings. The summed E-state index contributed by atoms with van der Waals surface area (Å²) in [5, 5.41) is 0. The van der Waals surface area contributed by atoms with Crippen molar-refractivity contribution in [2.75, 3.05) is 0 Å². The van der Waals surface area contributed by atoms with Crippen LogP contribution < -0.4 is 0 Å². The van der Waals surface area contributed by atoms with Crippen molar-refractivity contribution in [3.05, 3.63) is 0 Å². The van der Waals surface area contributed by atoms with E-state index in [2.05, 4.69) is 9.80 Å². The van der Waals surface area contributed by atoms with E-state index in [0.717, 1.165) is 83.6 Å². The molecule has 7 saturated carbocycles. The summed E-state index contributed by atoms with van der Waals surface area (Å²) in [4.78, 5) is 6.53. The standard InChI is InChI=1S/C42H68N2O/c1-2-11-29(12-3-1)43-36-17-7-4-13-30(36)34-25-27(21-23-38(34)43)28-22-24-39-35(26-28)31-14-5-8-18-37(31)44(39)40-19-10-16-33-32-15-6-9-20-41(32)45-42(33)40/h27-42H,1-26H2. The lowest BCUT2D eigenvalue weighted by atomic mass is 9.62. The van der Waals surface area contributed by atoms with Crippen molar-refractivity contribution >= 4 is 0 Å². The van der Waals surface area contributed by atoms with Gasteiger partial charge in [0.15, 0.2) is 0 Å². The molecule has 3 nitrogen and oxygen atoms in total. The van der Waals surface area contributed by atoms with E-state index in [9.17, 15) is 0 Å². The van der Waals surface area contributed by atoms with Crippen LogP contribution in [0.4, 0.5) is 0 Å². The molecule has 0 spiro atoms. The van der Waals surface area contributed by atoms with Crippen molar-refractivity contribution in [3.63, 3.8) is 0 Å². The normalized spacial score (nSPS) is 54.0. The van der Waals surface area contributed by atoms with Crippen LogP contribution >= 0.6 is 0 Å². The Balaban J connectivity index is 0.864. The van der Waals surface area contributed by atoms with Gasteiger partial charge in [-0.15, -0.1) is 0 Å². The van der Waals surface area contributed by atoms with Crippen LogP contribution in [0.5, 0.6) is 0 Å². The summed E-state index contributed by atoms with van der Waals surface area (Å²) in [7, 11) is 0. The van der Waals surface area contributed by atoms with E-state index in [1.54, 1.807) is 51.4 Å². The first kappa shape index (κ1) is 29.8. The number of rotatable bonds is 3. The van der Waals surface area contributed by atoms with Gasteiger partial charge in [0.05, 0.1) is 12.2 Å². The van der Waals surface area contributed by atoms with Gasteiger partial charge in [-0.25, -0.2) is 0 Å². The van der Waals surface area contributed by atoms with Crippen LogP contribution in [-0.4, -0.2) is 58.3 Å². The summed E-state index contributed by atoms with van der Waals surface area (Å²) in [5.41, 5.74) is 0. The van der Waals surface area contributed by atoms with Gasteiger partial charge in [0.1, 0.15) is 0 Å². The quantitative estimate of drug-likeness (QED) is 0.314. The Hall–Kier alpha value is -0.120. The van der Waals surface area contributed by atoms with Crippen molar-refractivity contribution in [2.24, 2.45) is 47.3 Å².